The topological polar surface area (TPSA) is 671 Å². The highest BCUT2D eigenvalue weighted by molar-refractivity contribution is 8.00. The summed E-state index contributed by atoms with van der Waals surface area (Å²) in [6, 6.07) is -2.66. The third-order valence-electron chi connectivity index (χ3n) is 24.1. The second-order valence-corrected chi connectivity index (χ2v) is 35.6. The highest BCUT2D eigenvalue weighted by Gasteiger charge is 2.47. The van der Waals surface area contributed by atoms with E-state index < -0.39 is 241 Å². The number of nitrogens with one attached hydrogen (secondary N) is 15. The van der Waals surface area contributed by atoms with Crippen molar-refractivity contribution in [1.82, 2.24) is 103 Å². The molecule has 3 aromatic heterocycles. The molecule has 2 unspecified atom stereocenters. The first kappa shape index (κ1) is 106. The van der Waals surface area contributed by atoms with Gasteiger partial charge in [-0.2, -0.15) is 0 Å². The molecule has 3 fully saturated rings. The van der Waals surface area contributed by atoms with Crippen molar-refractivity contribution in [2.24, 2.45) is 23.1 Å². The first-order valence-corrected chi connectivity index (χ1v) is 46.2. The zero-order valence-corrected chi connectivity index (χ0v) is 78.1. The summed E-state index contributed by atoms with van der Waals surface area (Å²) in [5.74, 6) is -18.4. The number of aromatic nitrogens is 4. The highest BCUT2D eigenvalue weighted by Crippen LogP contribution is 2.28. The SMILES string of the molecule is CCCC[C@H]1C(=O)N(C)[C@@H](CCOC)C(=O)N[C@@H](CCCNC(=N)N)C(=O)NC(C(=O)NCC(N)=O)CSCC(=O)N[C@@H](Cc2ccc(O)cc2)C(=O)N(C)[C@@H](C)C(=O)N[C@@H](CC(N)=O)C(=O)N2CCC[C@H]2C(=O)N[C@@H](Cc2cnc[nH]2)C(=O)N[C@@H](CC(C)C)C(=O)N2C[C@H](O)CC2C(=O)N[C@@H](Cc2c[nH]c3ccccc23)C(=O)N[C@@H](CO)C(=O)N[C@@H](Cc2c[nH]c3ccccc23)C(=O)N1C. The number of carbonyl (C=O) groups is 17. The molecular weight excluding hydrogens is 1790 g/mol. The molecule has 45 nitrogen and oxygen atoms in total. The summed E-state index contributed by atoms with van der Waals surface area (Å²) >= 11 is 0.746. The average Bonchev–Trinajstić information content (AvgIpc) is 1.53. The Morgan fingerprint density at radius 3 is 1.74 bits per heavy atom. The Balaban J connectivity index is 1.10. The molecule has 9 rings (SSSR count). The van der Waals surface area contributed by atoms with Gasteiger partial charge >= 0.3 is 0 Å². The van der Waals surface area contributed by atoms with E-state index in [0.717, 1.165) is 36.3 Å². The van der Waals surface area contributed by atoms with Crippen molar-refractivity contribution in [1.29, 1.82) is 5.41 Å². The number of benzene rings is 3. The van der Waals surface area contributed by atoms with Crippen LogP contribution in [0, 0.1) is 11.3 Å². The fourth-order valence-electron chi connectivity index (χ4n) is 16.6. The van der Waals surface area contributed by atoms with Crippen LogP contribution in [-0.4, -0.2) is 336 Å². The molecule has 136 heavy (non-hydrogen) atoms. The molecule has 0 radical (unpaired) electrons. The minimum Gasteiger partial charge on any atom is -0.508 e. The van der Waals surface area contributed by atoms with Crippen molar-refractivity contribution in [3.63, 3.8) is 0 Å². The number of methoxy groups -OCH3 is 1. The van der Waals surface area contributed by atoms with E-state index in [-0.39, 0.29) is 102 Å². The number of aliphatic hydroxyl groups is 2. The molecule has 0 spiro atoms. The minimum absolute atomic E-state index is 0.00792. The number of aromatic hydroxyl groups is 1. The Hall–Kier alpha value is -13.8. The molecule has 3 aromatic carbocycles. The van der Waals surface area contributed by atoms with Crippen molar-refractivity contribution in [3.8, 4) is 5.75 Å². The van der Waals surface area contributed by atoms with E-state index in [0.29, 0.717) is 57.0 Å². The van der Waals surface area contributed by atoms with Gasteiger partial charge in [-0.05, 0) is 92.3 Å². The molecule has 3 aliphatic heterocycles. The molecule has 6 aromatic rings. The van der Waals surface area contributed by atoms with Gasteiger partial charge in [-0.1, -0.05) is 82.1 Å². The maximum Gasteiger partial charge on any atom is 0.246 e. The molecule has 17 amide bonds. The zero-order chi connectivity index (χ0) is 99.3. The molecule has 738 valence electrons. The van der Waals surface area contributed by atoms with E-state index in [1.54, 1.807) is 74.8 Å². The lowest BCUT2D eigenvalue weighted by molar-refractivity contribution is -0.149. The van der Waals surface area contributed by atoms with Crippen LogP contribution in [0.3, 0.4) is 0 Å². The van der Waals surface area contributed by atoms with Crippen LogP contribution in [0.25, 0.3) is 21.8 Å². The van der Waals surface area contributed by atoms with Crippen LogP contribution in [0.15, 0.2) is 97.7 Å². The molecule has 3 saturated heterocycles. The number of nitrogens with zero attached hydrogens (tertiary/aromatic N) is 6. The summed E-state index contributed by atoms with van der Waals surface area (Å²) < 4.78 is 5.45. The van der Waals surface area contributed by atoms with Gasteiger partial charge in [0.25, 0.3) is 0 Å². The fraction of sp³-hybridized carbons (Fsp3) is 0.522. The van der Waals surface area contributed by atoms with Gasteiger partial charge in [0.2, 0.25) is 100 Å². The molecule has 6 heterocycles. The molecule has 0 bridgehead atoms. The Bertz CT molecular complexity index is 5250. The number of ether oxygens (including phenoxy) is 1. The number of phenols is 1. The number of thioether (sulfide) groups is 1. The number of primary amides is 2. The number of amides is 17. The van der Waals surface area contributed by atoms with E-state index in [9.17, 15) is 58.5 Å². The molecule has 0 aliphatic carbocycles. The first-order valence-electron chi connectivity index (χ1n) is 45.1. The second kappa shape index (κ2) is 50.5. The monoisotopic (exact) mass is 1910 g/mol. The average molecular weight is 1910 g/mol. The highest BCUT2D eigenvalue weighted by atomic mass is 32.2. The van der Waals surface area contributed by atoms with Crippen LogP contribution in [0.1, 0.15) is 121 Å². The number of H-pyrrole nitrogens is 3. The third kappa shape index (κ3) is 29.4. The van der Waals surface area contributed by atoms with Gasteiger partial charge in [0.05, 0.1) is 37.8 Å². The number of aromatic amines is 3. The normalized spacial score (nSPS) is 24.7. The molecular formula is C90H126N24O21S. The predicted octanol–water partition coefficient (Wildman–Crippen LogP) is -4.08. The van der Waals surface area contributed by atoms with Crippen LogP contribution in [0.4, 0.5) is 0 Å². The number of rotatable bonds is 26. The van der Waals surface area contributed by atoms with E-state index in [1.165, 1.54) is 72.0 Å². The number of unbranched alkanes of at least 4 members (excludes halogenated alkanes) is 1. The molecule has 24 N–H and O–H groups in total. The van der Waals surface area contributed by atoms with Crippen molar-refractivity contribution in [3.05, 3.63) is 120 Å². The van der Waals surface area contributed by atoms with Crippen molar-refractivity contribution >= 4 is 140 Å². The van der Waals surface area contributed by atoms with Crippen molar-refractivity contribution < 1.29 is 102 Å². The predicted molar refractivity (Wildman–Crippen MR) is 497 cm³/mol. The Morgan fingerprint density at radius 1 is 0.581 bits per heavy atom. The number of nitrogens with two attached hydrogens (primary N) is 3. The number of hydrogen-bond acceptors (Lipinski definition) is 24. The van der Waals surface area contributed by atoms with Gasteiger partial charge < -0.3 is 135 Å². The van der Waals surface area contributed by atoms with Crippen LogP contribution in [0.2, 0.25) is 0 Å². The van der Waals surface area contributed by atoms with Gasteiger partial charge in [-0.15, -0.1) is 11.8 Å². The summed E-state index contributed by atoms with van der Waals surface area (Å²) in [6.07, 6.45) is 2.40. The van der Waals surface area contributed by atoms with Crippen LogP contribution in [0.5, 0.6) is 5.75 Å². The van der Waals surface area contributed by atoms with Gasteiger partial charge in [-0.25, -0.2) is 4.98 Å². The smallest absolute Gasteiger partial charge is 0.246 e. The van der Waals surface area contributed by atoms with Crippen LogP contribution in [-0.2, 0) is 112 Å². The third-order valence-corrected chi connectivity index (χ3v) is 25.1. The maximum atomic E-state index is 15.7. The Morgan fingerprint density at radius 2 is 1.14 bits per heavy atom. The summed E-state index contributed by atoms with van der Waals surface area (Å²) in [5.41, 5.74) is 19.7. The Kier molecular flexibility index (Phi) is 39.4. The van der Waals surface area contributed by atoms with Gasteiger partial charge in [-0.3, -0.25) is 86.9 Å². The lowest BCUT2D eigenvalue weighted by Crippen LogP contribution is -2.62. The van der Waals surface area contributed by atoms with E-state index in [4.69, 9.17) is 27.3 Å². The lowest BCUT2D eigenvalue weighted by Gasteiger charge is -2.36. The van der Waals surface area contributed by atoms with E-state index in [2.05, 4.69) is 78.4 Å². The van der Waals surface area contributed by atoms with E-state index >= 15 is 38.4 Å². The number of fused-ring (bicyclic) bond motifs is 4. The summed E-state index contributed by atoms with van der Waals surface area (Å²) in [5, 5.41) is 70.9. The number of carbonyl (C=O) groups excluding carboxylic acids is 17. The summed E-state index contributed by atoms with van der Waals surface area (Å²) in [4.78, 5) is 269. The lowest BCUT2D eigenvalue weighted by atomic mass is 10.00. The number of para-hydroxylation sites is 2. The van der Waals surface area contributed by atoms with Crippen LogP contribution >= 0.6 is 11.8 Å². The number of phenolic OH excluding ortho intramolecular Hbond substituents is 1. The number of guanidine groups is 1. The van der Waals surface area contributed by atoms with Gasteiger partial charge in [0.1, 0.15) is 90.3 Å². The van der Waals surface area contributed by atoms with Crippen LogP contribution < -0.4 is 75.7 Å². The molecule has 3 aliphatic rings. The zero-order valence-electron chi connectivity index (χ0n) is 77.3. The summed E-state index contributed by atoms with van der Waals surface area (Å²) in [7, 11) is 5.14. The van der Waals surface area contributed by atoms with Gasteiger partial charge in [0, 0.05) is 145 Å². The van der Waals surface area contributed by atoms with Crippen molar-refractivity contribution in [2.45, 2.75) is 215 Å². The molecule has 0 saturated carbocycles. The largest absolute Gasteiger partial charge is 0.508 e. The first-order chi connectivity index (χ1) is 64.8. The summed E-state index contributed by atoms with van der Waals surface area (Å²) in [6.45, 7) is 3.91. The molecule has 46 heteroatoms. The fourth-order valence-corrected chi connectivity index (χ4v) is 17.5. The minimum atomic E-state index is -1.91. The molecule has 15 atom stereocenters. The second-order valence-electron chi connectivity index (χ2n) is 34.6. The van der Waals surface area contributed by atoms with E-state index in [1.807, 2.05) is 6.92 Å². The van der Waals surface area contributed by atoms with Gasteiger partial charge in [0.15, 0.2) is 5.96 Å². The maximum absolute atomic E-state index is 15.7. The quantitative estimate of drug-likeness (QED) is 0.0139. The van der Waals surface area contributed by atoms with Crippen molar-refractivity contribution in [2.75, 3.05) is 79.2 Å². The number of aliphatic hydroxyl groups excluding tert-OH is 2. The number of likely N-dealkylation sites (N-methyl/N-ethyl adjacent to an activating group) is 3. The standard InChI is InChI=1S/C90H126N24O21S/c1-9-10-22-71-89(134)111(6)69(28-31-135-8)82(127)102-60(21-15-29-96-90(93)94)78(123)109-68(77(122)99-42-74(92)119)45-136-46-75(120)101-64(33-50-24-26-54(116)27-25-50)85(130)110(5)49(4)76(121)105-66(38-73(91)118)87(132)113-30-16-23-70(113)83(128)104-62(36-53-41-95-47-100-53)80(125)106-63(32-48(2)3)88(133)114-43-55(117)37-72(114)84(129)103-61(34-51-39-97-58-19-13-11-17-56(51)58)79(124)108-67(44-115)81(126)107-65(86(131)112(71)7)35-52-40-98-59-20-14-12-18-57(52)59/h11-14,17-20,24-27,39-41,47-49,55,60-72,97-98,115-117H,9-10,15-16,21-23,28-38,42-46H2,1-8H3,(H2,91,118)(H2,92,119)(H,95,100)(H,99,122)(H,101,120)(H,102,127)(H,103,129)(H,104,128)(H,105,121)(H,106,125)(H,107,126)(H,108,124)(H,109,123)(H4,93,94,96)/t49-,55+,60-,61-,62-,63-,64-,65-,66-,67-,68?,69-,70-,71-,72?/m0/s1. The number of hydrogen-bond donors (Lipinski definition) is 21. The number of imidazole rings is 1. The Labute approximate surface area is 788 Å².